The molecule has 7 nitrogen and oxygen atoms in total. The van der Waals surface area contributed by atoms with Gasteiger partial charge in [-0.15, -0.1) is 5.10 Å². The van der Waals surface area contributed by atoms with Gasteiger partial charge >= 0.3 is 0 Å². The molecule has 1 amide bonds. The van der Waals surface area contributed by atoms with Crippen LogP contribution in [0.5, 0.6) is 5.75 Å². The van der Waals surface area contributed by atoms with Crippen molar-refractivity contribution in [2.24, 2.45) is 0 Å². The number of carbonyl (C=O) groups is 1. The third kappa shape index (κ3) is 4.56. The predicted molar refractivity (Wildman–Crippen MR) is 121 cm³/mol. The molecule has 2 aliphatic rings. The summed E-state index contributed by atoms with van der Waals surface area (Å²) >= 11 is 0. The first-order valence-corrected chi connectivity index (χ1v) is 11.2. The molecule has 1 aromatic carbocycles. The molecule has 0 radical (unpaired) electrons. The van der Waals surface area contributed by atoms with Crippen molar-refractivity contribution in [3.8, 4) is 5.75 Å². The zero-order valence-corrected chi connectivity index (χ0v) is 18.0. The molecule has 0 saturated carbocycles. The molecule has 2 aliphatic heterocycles. The van der Waals surface area contributed by atoms with E-state index in [2.05, 4.69) is 43.6 Å². The van der Waals surface area contributed by atoms with Gasteiger partial charge < -0.3 is 15.0 Å². The van der Waals surface area contributed by atoms with Crippen molar-refractivity contribution in [2.45, 2.75) is 44.2 Å². The molecule has 0 bridgehead atoms. The van der Waals surface area contributed by atoms with Crippen LogP contribution in [0.1, 0.15) is 36.1 Å². The third-order valence-corrected chi connectivity index (χ3v) is 6.41. The van der Waals surface area contributed by atoms with E-state index in [0.29, 0.717) is 12.2 Å². The number of amides is 1. The van der Waals surface area contributed by atoms with Crippen molar-refractivity contribution < 1.29 is 9.53 Å². The molecule has 1 N–H and O–H groups in total. The zero-order chi connectivity index (χ0) is 21.8. The number of rotatable bonds is 5. The van der Waals surface area contributed by atoms with E-state index in [-0.39, 0.29) is 17.9 Å². The summed E-state index contributed by atoms with van der Waals surface area (Å²) in [5, 5.41) is 11.6. The lowest BCUT2D eigenvalue weighted by atomic mass is 9.83. The quantitative estimate of drug-likeness (QED) is 0.671. The average molecular weight is 430 g/mol. The number of para-hydroxylation sites is 1. The van der Waals surface area contributed by atoms with Crippen LogP contribution in [0.25, 0.3) is 0 Å². The van der Waals surface area contributed by atoms with Crippen LogP contribution < -0.4 is 15.0 Å². The fourth-order valence-corrected chi connectivity index (χ4v) is 4.50. The highest BCUT2D eigenvalue weighted by atomic mass is 16.5. The number of piperidine rings is 1. The number of aryl methyl sites for hydroxylation is 1. The summed E-state index contributed by atoms with van der Waals surface area (Å²) in [7, 11) is 0. The second-order valence-electron chi connectivity index (χ2n) is 8.58. The van der Waals surface area contributed by atoms with Crippen molar-refractivity contribution in [1.82, 2.24) is 20.5 Å². The van der Waals surface area contributed by atoms with Gasteiger partial charge in [-0.05, 0) is 48.2 Å². The number of pyridine rings is 1. The van der Waals surface area contributed by atoms with Crippen LogP contribution in [0.15, 0.2) is 60.9 Å². The Morgan fingerprint density at radius 1 is 1.03 bits per heavy atom. The van der Waals surface area contributed by atoms with Crippen molar-refractivity contribution >= 4 is 11.7 Å². The van der Waals surface area contributed by atoms with E-state index >= 15 is 0 Å². The smallest absolute Gasteiger partial charge is 0.226 e. The molecule has 1 saturated heterocycles. The molecule has 1 spiro atoms. The van der Waals surface area contributed by atoms with Gasteiger partial charge in [0.25, 0.3) is 0 Å². The van der Waals surface area contributed by atoms with Gasteiger partial charge in [-0.3, -0.25) is 9.78 Å². The van der Waals surface area contributed by atoms with Gasteiger partial charge in [0.1, 0.15) is 11.4 Å². The Balaban J connectivity index is 1.13. The Labute approximate surface area is 187 Å². The number of nitrogens with zero attached hydrogens (tertiary/aromatic N) is 4. The lowest BCUT2D eigenvalue weighted by Gasteiger charge is -2.44. The zero-order valence-electron chi connectivity index (χ0n) is 18.0. The maximum absolute atomic E-state index is 12.2. The first-order chi connectivity index (χ1) is 15.7. The van der Waals surface area contributed by atoms with Gasteiger partial charge in [0.2, 0.25) is 5.91 Å². The summed E-state index contributed by atoms with van der Waals surface area (Å²) in [5.74, 6) is 1.82. The summed E-state index contributed by atoms with van der Waals surface area (Å²) < 4.78 is 6.45. The lowest BCUT2D eigenvalue weighted by Crippen LogP contribution is -2.50. The summed E-state index contributed by atoms with van der Waals surface area (Å²) in [6, 6.07) is 16.0. The fraction of sp³-hybridized carbons (Fsp3) is 0.360. The highest BCUT2D eigenvalue weighted by Gasteiger charge is 2.39. The van der Waals surface area contributed by atoms with Gasteiger partial charge in [0.05, 0.1) is 12.1 Å². The van der Waals surface area contributed by atoms with Crippen molar-refractivity contribution in [3.63, 3.8) is 0 Å². The van der Waals surface area contributed by atoms with Crippen molar-refractivity contribution in [2.75, 3.05) is 18.0 Å². The van der Waals surface area contributed by atoms with Crippen LogP contribution in [0.4, 0.5) is 5.82 Å². The number of hydrogen-bond acceptors (Lipinski definition) is 6. The Morgan fingerprint density at radius 3 is 2.69 bits per heavy atom. The number of fused-ring (bicyclic) bond motifs is 1. The first-order valence-electron chi connectivity index (χ1n) is 11.2. The topological polar surface area (TPSA) is 80.2 Å². The Morgan fingerprint density at radius 2 is 1.91 bits per heavy atom. The largest absolute Gasteiger partial charge is 0.487 e. The molecule has 2 aromatic heterocycles. The summed E-state index contributed by atoms with van der Waals surface area (Å²) in [5.41, 5.74) is 2.88. The molecule has 7 heteroatoms. The van der Waals surface area contributed by atoms with Crippen LogP contribution in [-0.4, -0.2) is 39.8 Å². The van der Waals surface area contributed by atoms with E-state index in [4.69, 9.17) is 4.74 Å². The minimum atomic E-state index is -0.0782. The minimum absolute atomic E-state index is 0.0649. The number of nitrogens with one attached hydrogen (secondary N) is 1. The van der Waals surface area contributed by atoms with E-state index < -0.39 is 0 Å². The SMILES string of the molecule is O=C(Cc1ccc(N2CCC3(CCc4ccccc4O3)CC2)nn1)NCc1cccnc1. The van der Waals surface area contributed by atoms with E-state index in [0.717, 1.165) is 55.9 Å². The summed E-state index contributed by atoms with van der Waals surface area (Å²) in [6.07, 6.45) is 7.76. The molecular formula is C25H27N5O2. The van der Waals surface area contributed by atoms with E-state index in [1.54, 1.807) is 12.4 Å². The molecule has 164 valence electrons. The van der Waals surface area contributed by atoms with E-state index in [9.17, 15) is 4.79 Å². The van der Waals surface area contributed by atoms with E-state index in [1.807, 2.05) is 30.3 Å². The number of benzene rings is 1. The summed E-state index contributed by atoms with van der Waals surface area (Å²) in [4.78, 5) is 18.5. The van der Waals surface area contributed by atoms with Crippen molar-refractivity contribution in [3.05, 3.63) is 77.7 Å². The standard InChI is InChI=1S/C25H27N5O2/c31-24(27-18-19-4-3-13-26-17-19)16-21-7-8-23(29-28-21)30-14-11-25(12-15-30)10-9-20-5-1-2-6-22(20)32-25/h1-8,13,17H,9-12,14-16,18H2,(H,27,31). The van der Waals surface area contributed by atoms with Crippen LogP contribution in [-0.2, 0) is 24.2 Å². The lowest BCUT2D eigenvalue weighted by molar-refractivity contribution is -0.120. The fourth-order valence-electron chi connectivity index (χ4n) is 4.50. The number of ether oxygens (including phenoxy) is 1. The van der Waals surface area contributed by atoms with Crippen molar-refractivity contribution in [1.29, 1.82) is 0 Å². The Bertz CT molecular complexity index is 1060. The van der Waals surface area contributed by atoms with Gasteiger partial charge in [0.15, 0.2) is 5.82 Å². The first kappa shape index (κ1) is 20.4. The second kappa shape index (κ2) is 8.94. The maximum atomic E-state index is 12.2. The summed E-state index contributed by atoms with van der Waals surface area (Å²) in [6.45, 7) is 2.24. The maximum Gasteiger partial charge on any atom is 0.226 e. The molecule has 4 heterocycles. The Hall–Kier alpha value is -3.48. The molecule has 32 heavy (non-hydrogen) atoms. The van der Waals surface area contributed by atoms with Crippen LogP contribution in [0.3, 0.4) is 0 Å². The molecule has 5 rings (SSSR count). The monoisotopic (exact) mass is 429 g/mol. The van der Waals surface area contributed by atoms with Gasteiger partial charge in [-0.2, -0.15) is 5.10 Å². The average Bonchev–Trinajstić information content (AvgIpc) is 2.84. The highest BCUT2D eigenvalue weighted by Crippen LogP contribution is 2.39. The predicted octanol–water partition coefficient (Wildman–Crippen LogP) is 3.09. The second-order valence-corrected chi connectivity index (χ2v) is 8.58. The number of carbonyl (C=O) groups excluding carboxylic acids is 1. The molecule has 1 fully saturated rings. The number of hydrogen-bond donors (Lipinski definition) is 1. The Kier molecular flexibility index (Phi) is 5.71. The molecule has 0 atom stereocenters. The van der Waals surface area contributed by atoms with Gasteiger partial charge in [-0.25, -0.2) is 0 Å². The van der Waals surface area contributed by atoms with Gasteiger partial charge in [-0.1, -0.05) is 24.3 Å². The molecule has 0 unspecified atom stereocenters. The molecule has 3 aromatic rings. The number of aromatic nitrogens is 3. The third-order valence-electron chi connectivity index (χ3n) is 6.41. The highest BCUT2D eigenvalue weighted by molar-refractivity contribution is 5.78. The number of anilines is 1. The van der Waals surface area contributed by atoms with Crippen LogP contribution in [0, 0.1) is 0 Å². The minimum Gasteiger partial charge on any atom is -0.487 e. The van der Waals surface area contributed by atoms with Crippen LogP contribution in [0.2, 0.25) is 0 Å². The normalized spacial score (nSPS) is 16.8. The van der Waals surface area contributed by atoms with Crippen LogP contribution >= 0.6 is 0 Å². The van der Waals surface area contributed by atoms with Gasteiger partial charge in [0, 0.05) is 44.9 Å². The molecule has 0 aliphatic carbocycles. The molecular weight excluding hydrogens is 402 g/mol. The van der Waals surface area contributed by atoms with E-state index in [1.165, 1.54) is 5.56 Å².